The average Bonchev–Trinajstić information content (AvgIpc) is 2.07. The van der Waals surface area contributed by atoms with E-state index in [4.69, 9.17) is 0 Å². The molecular formula is C11H23F. The molecule has 0 aliphatic heterocycles. The molecule has 0 saturated heterocycles. The number of hydrogen-bond donors (Lipinski definition) is 0. The van der Waals surface area contributed by atoms with Crippen molar-refractivity contribution in [3.63, 3.8) is 0 Å². The zero-order valence-electron chi connectivity index (χ0n) is 8.99. The lowest BCUT2D eigenvalue weighted by molar-refractivity contribution is 0.334. The number of hydrogen-bond acceptors (Lipinski definition) is 0. The Bertz CT molecular complexity index is 95.2. The predicted octanol–water partition coefficient (Wildman–Crippen LogP) is 4.51. The van der Waals surface area contributed by atoms with Crippen LogP contribution in [0.1, 0.15) is 53.4 Å². The van der Waals surface area contributed by atoms with Crippen LogP contribution in [0.2, 0.25) is 0 Å². The van der Waals surface area contributed by atoms with Gasteiger partial charge < -0.3 is 0 Å². The summed E-state index contributed by atoms with van der Waals surface area (Å²) in [6.45, 7) is 11.5. The molecular weight excluding hydrogens is 151 g/mol. The van der Waals surface area contributed by atoms with Gasteiger partial charge in [-0.25, -0.2) is 4.39 Å². The summed E-state index contributed by atoms with van der Waals surface area (Å²) < 4.78 is 12.2. The molecule has 74 valence electrons. The molecule has 0 N–H and O–H groups in total. The van der Waals surface area contributed by atoms with Crippen molar-refractivity contribution in [3.8, 4) is 0 Å². The van der Waals surface area contributed by atoms with Crippen molar-refractivity contribution in [2.75, 3.05) is 0 Å². The fraction of sp³-hybridized carbons (Fsp3) is 0.818. The van der Waals surface area contributed by atoms with Gasteiger partial charge in [-0.2, -0.15) is 0 Å². The molecule has 1 atom stereocenters. The van der Waals surface area contributed by atoms with E-state index in [2.05, 4.69) is 13.5 Å². The molecule has 0 saturated carbocycles. The van der Waals surface area contributed by atoms with E-state index in [1.54, 1.807) is 6.92 Å². The van der Waals surface area contributed by atoms with Crippen molar-refractivity contribution in [2.24, 2.45) is 0 Å². The number of allylic oxidation sites excluding steroid dienone is 1. The second kappa shape index (κ2) is 10.7. The van der Waals surface area contributed by atoms with Gasteiger partial charge in [-0.1, -0.05) is 32.9 Å². The van der Waals surface area contributed by atoms with Crippen LogP contribution in [0, 0.1) is 0 Å². The maximum Gasteiger partial charge on any atom is 0.0973 e. The van der Waals surface area contributed by atoms with Crippen molar-refractivity contribution in [3.05, 3.63) is 12.2 Å². The van der Waals surface area contributed by atoms with Crippen molar-refractivity contribution in [1.29, 1.82) is 0 Å². The van der Waals surface area contributed by atoms with E-state index in [0.29, 0.717) is 6.42 Å². The summed E-state index contributed by atoms with van der Waals surface area (Å²) in [4.78, 5) is 0. The molecule has 0 amide bonds. The minimum atomic E-state index is -0.648. The summed E-state index contributed by atoms with van der Waals surface area (Å²) in [5.74, 6) is 0. The second-order valence-corrected chi connectivity index (χ2v) is 2.78. The molecule has 0 aliphatic rings. The molecule has 0 aromatic carbocycles. The van der Waals surface area contributed by atoms with Crippen LogP contribution in [-0.2, 0) is 0 Å². The van der Waals surface area contributed by atoms with Crippen LogP contribution in [-0.4, -0.2) is 6.17 Å². The van der Waals surface area contributed by atoms with E-state index in [1.807, 2.05) is 13.8 Å². The Labute approximate surface area is 76.9 Å². The van der Waals surface area contributed by atoms with Crippen molar-refractivity contribution in [1.82, 2.24) is 0 Å². The van der Waals surface area contributed by atoms with Gasteiger partial charge in [0.1, 0.15) is 0 Å². The summed E-state index contributed by atoms with van der Waals surface area (Å²) in [5.41, 5.74) is 1.24. The normalized spacial score (nSPS) is 11.4. The molecule has 0 aromatic heterocycles. The van der Waals surface area contributed by atoms with Crippen LogP contribution in [0.25, 0.3) is 0 Å². The van der Waals surface area contributed by atoms with Gasteiger partial charge in [0.05, 0.1) is 6.17 Å². The third-order valence-electron chi connectivity index (χ3n) is 1.63. The first kappa shape index (κ1) is 14.2. The molecule has 1 unspecified atom stereocenters. The Morgan fingerprint density at radius 1 is 1.42 bits per heavy atom. The summed E-state index contributed by atoms with van der Waals surface area (Å²) in [6, 6.07) is 0. The highest BCUT2D eigenvalue weighted by Crippen LogP contribution is 2.10. The largest absolute Gasteiger partial charge is 0.248 e. The van der Waals surface area contributed by atoms with Gasteiger partial charge in [-0.3, -0.25) is 0 Å². The monoisotopic (exact) mass is 174 g/mol. The molecule has 0 bridgehead atoms. The summed E-state index contributed by atoms with van der Waals surface area (Å²) in [6.07, 6.45) is 3.00. The SMILES string of the molecule is C=C(CC)CCCC(C)F.CC. The molecule has 0 aromatic rings. The first-order chi connectivity index (χ1) is 5.66. The lowest BCUT2D eigenvalue weighted by atomic mass is 10.1. The summed E-state index contributed by atoms with van der Waals surface area (Å²) in [7, 11) is 0. The quantitative estimate of drug-likeness (QED) is 0.538. The van der Waals surface area contributed by atoms with Gasteiger partial charge in [0, 0.05) is 0 Å². The van der Waals surface area contributed by atoms with Crippen LogP contribution in [0.3, 0.4) is 0 Å². The number of alkyl halides is 1. The Morgan fingerprint density at radius 3 is 2.25 bits per heavy atom. The Morgan fingerprint density at radius 2 is 1.92 bits per heavy atom. The standard InChI is InChI=1S/C9H17F.C2H6/c1-4-8(2)6-5-7-9(3)10;1-2/h9H,2,4-7H2,1,3H3;1-2H3. The maximum absolute atomic E-state index is 12.2. The summed E-state index contributed by atoms with van der Waals surface area (Å²) >= 11 is 0. The van der Waals surface area contributed by atoms with Gasteiger partial charge in [0.2, 0.25) is 0 Å². The molecule has 0 fully saturated rings. The number of rotatable bonds is 5. The molecule has 0 spiro atoms. The van der Waals surface area contributed by atoms with Crippen LogP contribution in [0.15, 0.2) is 12.2 Å². The molecule has 0 aliphatic carbocycles. The third kappa shape index (κ3) is 12.4. The van der Waals surface area contributed by atoms with Crippen molar-refractivity contribution in [2.45, 2.75) is 59.5 Å². The zero-order valence-corrected chi connectivity index (χ0v) is 8.99. The Hall–Kier alpha value is -0.330. The van der Waals surface area contributed by atoms with Crippen LogP contribution < -0.4 is 0 Å². The Kier molecular flexibility index (Phi) is 12.6. The van der Waals surface area contributed by atoms with Crippen molar-refractivity contribution < 1.29 is 4.39 Å². The molecule has 0 heterocycles. The zero-order chi connectivity index (χ0) is 9.98. The molecule has 0 nitrogen and oxygen atoms in total. The van der Waals surface area contributed by atoms with Gasteiger partial charge in [0.25, 0.3) is 0 Å². The fourth-order valence-electron chi connectivity index (χ4n) is 0.810. The number of halogens is 1. The van der Waals surface area contributed by atoms with Crippen LogP contribution in [0.4, 0.5) is 4.39 Å². The lowest BCUT2D eigenvalue weighted by Gasteiger charge is -2.02. The highest BCUT2D eigenvalue weighted by molar-refractivity contribution is 4.91. The molecule has 12 heavy (non-hydrogen) atoms. The summed E-state index contributed by atoms with van der Waals surface area (Å²) in [5, 5.41) is 0. The Balaban J connectivity index is 0. The van der Waals surface area contributed by atoms with E-state index in [-0.39, 0.29) is 0 Å². The van der Waals surface area contributed by atoms with E-state index in [0.717, 1.165) is 19.3 Å². The lowest BCUT2D eigenvalue weighted by Crippen LogP contribution is -1.91. The smallest absolute Gasteiger partial charge is 0.0973 e. The predicted molar refractivity (Wildman–Crippen MR) is 55.2 cm³/mol. The second-order valence-electron chi connectivity index (χ2n) is 2.78. The highest BCUT2D eigenvalue weighted by atomic mass is 19.1. The first-order valence-corrected chi connectivity index (χ1v) is 4.97. The highest BCUT2D eigenvalue weighted by Gasteiger charge is 1.97. The van der Waals surface area contributed by atoms with E-state index in [1.165, 1.54) is 5.57 Å². The van der Waals surface area contributed by atoms with E-state index in [9.17, 15) is 4.39 Å². The van der Waals surface area contributed by atoms with Crippen LogP contribution >= 0.6 is 0 Å². The topological polar surface area (TPSA) is 0 Å². The van der Waals surface area contributed by atoms with Gasteiger partial charge in [-0.05, 0) is 32.6 Å². The third-order valence-corrected chi connectivity index (χ3v) is 1.63. The van der Waals surface area contributed by atoms with E-state index >= 15 is 0 Å². The van der Waals surface area contributed by atoms with Crippen molar-refractivity contribution >= 4 is 0 Å². The molecule has 0 radical (unpaired) electrons. The average molecular weight is 174 g/mol. The van der Waals surface area contributed by atoms with Gasteiger partial charge in [-0.15, -0.1) is 0 Å². The molecule has 1 heteroatoms. The minimum absolute atomic E-state index is 0.648. The molecule has 0 rings (SSSR count). The van der Waals surface area contributed by atoms with E-state index < -0.39 is 6.17 Å². The van der Waals surface area contributed by atoms with Gasteiger partial charge >= 0.3 is 0 Å². The van der Waals surface area contributed by atoms with Crippen LogP contribution in [0.5, 0.6) is 0 Å². The maximum atomic E-state index is 12.2. The minimum Gasteiger partial charge on any atom is -0.248 e. The fourth-order valence-corrected chi connectivity index (χ4v) is 0.810. The first-order valence-electron chi connectivity index (χ1n) is 4.97. The van der Waals surface area contributed by atoms with Gasteiger partial charge in [0.15, 0.2) is 0 Å².